The maximum absolute atomic E-state index is 5.67. The third-order valence-electron chi connectivity index (χ3n) is 2.86. The molecule has 2 aromatic heterocycles. The van der Waals surface area contributed by atoms with E-state index in [1.165, 1.54) is 0 Å². The zero-order chi connectivity index (χ0) is 13.1. The number of methoxy groups -OCH3 is 1. The lowest BCUT2D eigenvalue weighted by molar-refractivity contribution is 0.401. The van der Waals surface area contributed by atoms with Crippen molar-refractivity contribution in [3.8, 4) is 5.75 Å². The van der Waals surface area contributed by atoms with Crippen molar-refractivity contribution in [1.29, 1.82) is 0 Å². The van der Waals surface area contributed by atoms with E-state index in [9.17, 15) is 0 Å². The van der Waals surface area contributed by atoms with Gasteiger partial charge >= 0.3 is 0 Å². The smallest absolute Gasteiger partial charge is 0.161 e. The molecule has 0 aliphatic rings. The molecule has 0 aliphatic heterocycles. The maximum atomic E-state index is 5.67. The number of nitrogens with zero attached hydrogens (tertiary/aromatic N) is 3. The van der Waals surface area contributed by atoms with Crippen LogP contribution in [-0.2, 0) is 7.05 Å². The van der Waals surface area contributed by atoms with E-state index in [-0.39, 0.29) is 6.04 Å². The summed E-state index contributed by atoms with van der Waals surface area (Å²) in [5.74, 6) is 6.38. The van der Waals surface area contributed by atoms with Gasteiger partial charge in [0.25, 0.3) is 0 Å². The van der Waals surface area contributed by atoms with Gasteiger partial charge in [-0.2, -0.15) is 5.10 Å². The zero-order valence-electron chi connectivity index (χ0n) is 10.7. The molecule has 3 N–H and O–H groups in total. The molecule has 2 heterocycles. The van der Waals surface area contributed by atoms with Crippen LogP contribution in [0.1, 0.15) is 23.0 Å². The van der Waals surface area contributed by atoms with Crippen molar-refractivity contribution in [1.82, 2.24) is 20.2 Å². The van der Waals surface area contributed by atoms with E-state index in [0.29, 0.717) is 5.75 Å². The van der Waals surface area contributed by atoms with Crippen molar-refractivity contribution in [2.45, 2.75) is 13.0 Å². The fourth-order valence-electron chi connectivity index (χ4n) is 1.99. The molecule has 18 heavy (non-hydrogen) atoms. The summed E-state index contributed by atoms with van der Waals surface area (Å²) >= 11 is 0. The lowest BCUT2D eigenvalue weighted by atomic mass is 10.0. The average Bonchev–Trinajstić information content (AvgIpc) is 2.72. The lowest BCUT2D eigenvalue weighted by Crippen LogP contribution is -2.30. The topological polar surface area (TPSA) is 78.0 Å². The second-order valence-corrected chi connectivity index (χ2v) is 4.05. The van der Waals surface area contributed by atoms with Crippen LogP contribution < -0.4 is 16.0 Å². The van der Waals surface area contributed by atoms with Crippen molar-refractivity contribution < 1.29 is 4.74 Å². The Hall–Kier alpha value is -1.92. The van der Waals surface area contributed by atoms with Crippen molar-refractivity contribution in [3.63, 3.8) is 0 Å². The van der Waals surface area contributed by atoms with Gasteiger partial charge in [-0.15, -0.1) is 0 Å². The first kappa shape index (κ1) is 12.5. The van der Waals surface area contributed by atoms with Crippen molar-refractivity contribution in [2.24, 2.45) is 12.9 Å². The van der Waals surface area contributed by atoms with E-state index in [2.05, 4.69) is 15.5 Å². The first-order valence-electron chi connectivity index (χ1n) is 5.62. The van der Waals surface area contributed by atoms with Crippen LogP contribution in [0, 0.1) is 6.92 Å². The van der Waals surface area contributed by atoms with Crippen LogP contribution in [0.4, 0.5) is 0 Å². The van der Waals surface area contributed by atoms with Crippen LogP contribution in [0.25, 0.3) is 0 Å². The highest BCUT2D eigenvalue weighted by Crippen LogP contribution is 2.28. The summed E-state index contributed by atoms with van der Waals surface area (Å²) < 4.78 is 7.06. The number of pyridine rings is 1. The fraction of sp³-hybridized carbons (Fsp3) is 0.333. The minimum absolute atomic E-state index is 0.186. The Kier molecular flexibility index (Phi) is 3.59. The molecule has 6 nitrogen and oxygen atoms in total. The number of hydrogen-bond donors (Lipinski definition) is 2. The van der Waals surface area contributed by atoms with Gasteiger partial charge in [0.1, 0.15) is 5.69 Å². The van der Waals surface area contributed by atoms with Gasteiger partial charge < -0.3 is 4.74 Å². The Bertz CT molecular complexity index is 537. The second-order valence-electron chi connectivity index (χ2n) is 4.05. The molecule has 0 saturated carbocycles. The summed E-state index contributed by atoms with van der Waals surface area (Å²) in [6, 6.07) is 3.72. The highest BCUT2D eigenvalue weighted by Gasteiger charge is 2.21. The summed E-state index contributed by atoms with van der Waals surface area (Å²) in [6.45, 7) is 1.94. The van der Waals surface area contributed by atoms with Gasteiger partial charge in [0, 0.05) is 18.9 Å². The van der Waals surface area contributed by atoms with Gasteiger partial charge in [0.2, 0.25) is 0 Å². The molecule has 0 radical (unpaired) electrons. The molecule has 0 aromatic carbocycles. The molecular weight excluding hydrogens is 230 g/mol. The van der Waals surface area contributed by atoms with Crippen LogP contribution in [0.2, 0.25) is 0 Å². The summed E-state index contributed by atoms with van der Waals surface area (Å²) in [4.78, 5) is 4.18. The molecule has 0 fully saturated rings. The normalized spacial score (nSPS) is 12.4. The minimum Gasteiger partial charge on any atom is -0.493 e. The van der Waals surface area contributed by atoms with E-state index in [1.807, 2.05) is 26.1 Å². The molecule has 0 saturated heterocycles. The maximum Gasteiger partial charge on any atom is 0.161 e. The van der Waals surface area contributed by atoms with E-state index >= 15 is 0 Å². The van der Waals surface area contributed by atoms with Gasteiger partial charge in [-0.05, 0) is 24.6 Å². The molecule has 6 heteroatoms. The highest BCUT2D eigenvalue weighted by atomic mass is 16.5. The molecular formula is C12H17N5O. The molecule has 0 spiro atoms. The number of nitrogens with one attached hydrogen (secondary N) is 1. The molecule has 0 amide bonds. The molecule has 1 unspecified atom stereocenters. The van der Waals surface area contributed by atoms with E-state index < -0.39 is 0 Å². The number of nitrogens with two attached hydrogens (primary N) is 1. The van der Waals surface area contributed by atoms with Gasteiger partial charge in [-0.3, -0.25) is 15.5 Å². The fourth-order valence-corrected chi connectivity index (χ4v) is 1.99. The number of aromatic nitrogens is 3. The average molecular weight is 247 g/mol. The number of rotatable bonds is 4. The number of aryl methyl sites for hydroxylation is 2. The van der Waals surface area contributed by atoms with Crippen LogP contribution in [0.5, 0.6) is 5.75 Å². The van der Waals surface area contributed by atoms with Crippen molar-refractivity contribution in [2.75, 3.05) is 7.11 Å². The summed E-state index contributed by atoms with van der Waals surface area (Å²) in [5.41, 5.74) is 5.63. The lowest BCUT2D eigenvalue weighted by Gasteiger charge is -2.18. The molecule has 0 aliphatic carbocycles. The van der Waals surface area contributed by atoms with Gasteiger partial charge in [0.05, 0.1) is 19.3 Å². The predicted molar refractivity (Wildman–Crippen MR) is 67.9 cm³/mol. The van der Waals surface area contributed by atoms with Crippen molar-refractivity contribution in [3.05, 3.63) is 41.5 Å². The van der Waals surface area contributed by atoms with Gasteiger partial charge in [-0.25, -0.2) is 5.43 Å². The first-order valence-corrected chi connectivity index (χ1v) is 5.62. The van der Waals surface area contributed by atoms with E-state index in [4.69, 9.17) is 10.6 Å². The van der Waals surface area contributed by atoms with E-state index in [1.54, 1.807) is 24.2 Å². The summed E-state index contributed by atoms with van der Waals surface area (Å²) in [7, 11) is 3.47. The standard InChI is InChI=1S/C12H17N5O/c1-8-6-9(4-5-14-8)11(16-13)12-10(18-3)7-15-17(12)2/h4-7,11,16H,13H2,1-3H3. The molecule has 0 bridgehead atoms. The van der Waals surface area contributed by atoms with Crippen LogP contribution in [0.15, 0.2) is 24.5 Å². The Morgan fingerprint density at radius 1 is 1.50 bits per heavy atom. The predicted octanol–water partition coefficient (Wildman–Crippen LogP) is 0.685. The molecule has 96 valence electrons. The molecule has 1 atom stereocenters. The Morgan fingerprint density at radius 3 is 2.89 bits per heavy atom. The molecule has 2 rings (SSSR count). The minimum atomic E-state index is -0.186. The SMILES string of the molecule is COc1cnn(C)c1C(NN)c1ccnc(C)c1. The second kappa shape index (κ2) is 5.16. The van der Waals surface area contributed by atoms with Crippen LogP contribution in [0.3, 0.4) is 0 Å². The zero-order valence-corrected chi connectivity index (χ0v) is 10.7. The Morgan fingerprint density at radius 2 is 2.28 bits per heavy atom. The van der Waals surface area contributed by atoms with Crippen LogP contribution in [-0.4, -0.2) is 21.9 Å². The van der Waals surface area contributed by atoms with Crippen LogP contribution >= 0.6 is 0 Å². The number of hydrazine groups is 1. The van der Waals surface area contributed by atoms with Gasteiger partial charge in [-0.1, -0.05) is 0 Å². The largest absolute Gasteiger partial charge is 0.493 e. The van der Waals surface area contributed by atoms with Crippen molar-refractivity contribution >= 4 is 0 Å². The number of hydrogen-bond acceptors (Lipinski definition) is 5. The Balaban J connectivity index is 2.48. The first-order chi connectivity index (χ1) is 8.67. The number of ether oxygens (including phenoxy) is 1. The van der Waals surface area contributed by atoms with Gasteiger partial charge in [0.15, 0.2) is 5.75 Å². The Labute approximate surface area is 106 Å². The third-order valence-corrected chi connectivity index (χ3v) is 2.86. The van der Waals surface area contributed by atoms with E-state index in [0.717, 1.165) is 17.0 Å². The molecule has 2 aromatic rings. The quantitative estimate of drug-likeness (QED) is 0.614. The monoisotopic (exact) mass is 247 g/mol. The highest BCUT2D eigenvalue weighted by molar-refractivity contribution is 5.36. The third kappa shape index (κ3) is 2.20. The summed E-state index contributed by atoms with van der Waals surface area (Å²) in [6.07, 6.45) is 3.44. The summed E-state index contributed by atoms with van der Waals surface area (Å²) in [5, 5.41) is 4.18.